The van der Waals surface area contributed by atoms with E-state index in [0.717, 1.165) is 0 Å². The fraction of sp³-hybridized carbons (Fsp3) is 1.00. The van der Waals surface area contributed by atoms with Gasteiger partial charge in [-0.3, -0.25) is 0 Å². The molecule has 72 valence electrons. The number of rotatable bonds is 2. The van der Waals surface area contributed by atoms with Crippen molar-refractivity contribution in [1.29, 1.82) is 0 Å². The molecule has 1 atom stereocenters. The van der Waals surface area contributed by atoms with E-state index in [0.29, 0.717) is 6.42 Å². The minimum Gasteiger partial charge on any atom is -0.306 e. The van der Waals surface area contributed by atoms with Crippen LogP contribution in [0.3, 0.4) is 0 Å². The van der Waals surface area contributed by atoms with Gasteiger partial charge in [0, 0.05) is 0 Å². The van der Waals surface area contributed by atoms with E-state index in [2.05, 4.69) is 0 Å². The van der Waals surface area contributed by atoms with E-state index >= 15 is 0 Å². The minimum atomic E-state index is -4.33. The Morgan fingerprint density at radius 3 is 2.00 bits per heavy atom. The first-order valence-electron chi connectivity index (χ1n) is 3.52. The van der Waals surface area contributed by atoms with E-state index in [1.807, 2.05) is 0 Å². The predicted molar refractivity (Wildman–Crippen MR) is 38.0 cm³/mol. The highest BCUT2D eigenvalue weighted by Crippen LogP contribution is 2.53. The van der Waals surface area contributed by atoms with E-state index in [1.165, 1.54) is 0 Å². The van der Waals surface area contributed by atoms with Crippen molar-refractivity contribution in [3.05, 3.63) is 0 Å². The van der Waals surface area contributed by atoms with Crippen molar-refractivity contribution < 1.29 is 21.9 Å². The summed E-state index contributed by atoms with van der Waals surface area (Å²) in [6.07, 6.45) is -3.86. The highest BCUT2D eigenvalue weighted by molar-refractivity contribution is 7.79. The Hall–Kier alpha value is -0.100. The third-order valence-corrected chi connectivity index (χ3v) is 3.11. The fourth-order valence-electron chi connectivity index (χ4n) is 1.35. The summed E-state index contributed by atoms with van der Waals surface area (Å²) in [5.41, 5.74) is -1.87. The predicted octanol–water partition coefficient (Wildman–Crippen LogP) is 1.94. The maximum atomic E-state index is 12.3. The van der Waals surface area contributed by atoms with Crippen molar-refractivity contribution in [3.63, 3.8) is 0 Å². The summed E-state index contributed by atoms with van der Waals surface area (Å²) >= 11 is -2.35. The van der Waals surface area contributed by atoms with Crippen molar-refractivity contribution in [2.45, 2.75) is 25.4 Å². The summed E-state index contributed by atoms with van der Waals surface area (Å²) in [6.45, 7) is 0. The molecule has 0 aromatic carbocycles. The van der Waals surface area contributed by atoms with Crippen LogP contribution in [0.25, 0.3) is 0 Å². The lowest BCUT2D eigenvalue weighted by Gasteiger charge is -2.42. The van der Waals surface area contributed by atoms with E-state index in [1.54, 1.807) is 0 Å². The van der Waals surface area contributed by atoms with Gasteiger partial charge in [-0.2, -0.15) is 13.2 Å². The van der Waals surface area contributed by atoms with Crippen LogP contribution in [0, 0.1) is 5.41 Å². The molecule has 1 saturated carbocycles. The number of alkyl halides is 3. The van der Waals surface area contributed by atoms with Gasteiger partial charge in [0.25, 0.3) is 0 Å². The Morgan fingerprint density at radius 2 is 1.92 bits per heavy atom. The molecule has 1 aliphatic rings. The molecule has 6 heteroatoms. The van der Waals surface area contributed by atoms with E-state index < -0.39 is 28.4 Å². The molecule has 1 aliphatic carbocycles. The second kappa shape index (κ2) is 2.99. The molecule has 1 N–H and O–H groups in total. The summed E-state index contributed by atoms with van der Waals surface area (Å²) in [6, 6.07) is 0. The van der Waals surface area contributed by atoms with Crippen LogP contribution < -0.4 is 0 Å². The largest absolute Gasteiger partial charge is 0.395 e. The Balaban J connectivity index is 2.70. The van der Waals surface area contributed by atoms with Gasteiger partial charge >= 0.3 is 6.18 Å². The fourth-order valence-corrected chi connectivity index (χ4v) is 2.27. The molecule has 0 saturated heterocycles. The molecule has 1 unspecified atom stereocenters. The summed E-state index contributed by atoms with van der Waals surface area (Å²) in [5, 5.41) is 0. The first-order chi connectivity index (χ1) is 5.37. The van der Waals surface area contributed by atoms with E-state index in [4.69, 9.17) is 4.55 Å². The molecule has 0 aromatic heterocycles. The van der Waals surface area contributed by atoms with Crippen LogP contribution >= 0.6 is 0 Å². The lowest BCUT2D eigenvalue weighted by atomic mass is 9.70. The van der Waals surface area contributed by atoms with Crippen LogP contribution in [-0.2, 0) is 11.1 Å². The topological polar surface area (TPSA) is 37.3 Å². The maximum absolute atomic E-state index is 12.3. The second-order valence-corrected chi connectivity index (χ2v) is 4.03. The Bertz CT molecular complexity index is 197. The Morgan fingerprint density at radius 1 is 1.42 bits per heavy atom. The van der Waals surface area contributed by atoms with Crippen molar-refractivity contribution >= 4 is 11.1 Å². The zero-order valence-electron chi connectivity index (χ0n) is 6.23. The molecule has 0 heterocycles. The van der Waals surface area contributed by atoms with Gasteiger partial charge in [-0.25, -0.2) is 4.21 Å². The molecule has 0 bridgehead atoms. The normalized spacial score (nSPS) is 24.7. The SMILES string of the molecule is O=S(O)CC1(C(F)(F)F)CCC1. The molecule has 1 fully saturated rings. The van der Waals surface area contributed by atoms with Crippen LogP contribution in [0.15, 0.2) is 0 Å². The molecular weight excluding hydrogens is 193 g/mol. The van der Waals surface area contributed by atoms with Crippen LogP contribution in [0.1, 0.15) is 19.3 Å². The lowest BCUT2D eigenvalue weighted by Crippen LogP contribution is -2.47. The first kappa shape index (κ1) is 9.98. The van der Waals surface area contributed by atoms with Crippen molar-refractivity contribution in [2.24, 2.45) is 5.41 Å². The second-order valence-electron chi connectivity index (χ2n) is 3.10. The smallest absolute Gasteiger partial charge is 0.306 e. The monoisotopic (exact) mass is 202 g/mol. The van der Waals surface area contributed by atoms with Gasteiger partial charge in [0.05, 0.1) is 11.2 Å². The van der Waals surface area contributed by atoms with Gasteiger partial charge in [-0.15, -0.1) is 0 Å². The summed E-state index contributed by atoms with van der Waals surface area (Å²) in [7, 11) is 0. The zero-order chi connectivity index (χ0) is 9.41. The molecule has 0 radical (unpaired) electrons. The molecule has 12 heavy (non-hydrogen) atoms. The van der Waals surface area contributed by atoms with E-state index in [-0.39, 0.29) is 12.8 Å². The standard InChI is InChI=1S/C6H9F3O2S/c7-6(8,9)5(2-1-3-5)4-12(10)11/h1-4H2,(H,10,11). The molecule has 2 nitrogen and oxygen atoms in total. The molecular formula is C6H9F3O2S. The van der Waals surface area contributed by atoms with Gasteiger partial charge in [0.1, 0.15) is 0 Å². The molecule has 1 rings (SSSR count). The third kappa shape index (κ3) is 1.64. The summed E-state index contributed by atoms with van der Waals surface area (Å²) in [4.78, 5) is 0. The van der Waals surface area contributed by atoms with Gasteiger partial charge in [0.2, 0.25) is 0 Å². The highest BCUT2D eigenvalue weighted by atomic mass is 32.2. The van der Waals surface area contributed by atoms with Gasteiger partial charge in [-0.05, 0) is 12.8 Å². The van der Waals surface area contributed by atoms with Crippen LogP contribution in [0.2, 0.25) is 0 Å². The first-order valence-corrected chi connectivity index (χ1v) is 4.79. The Kier molecular flexibility index (Phi) is 2.49. The number of halogens is 3. The molecule has 0 amide bonds. The third-order valence-electron chi connectivity index (χ3n) is 2.31. The quantitative estimate of drug-likeness (QED) is 0.695. The molecule has 0 aliphatic heterocycles. The zero-order valence-corrected chi connectivity index (χ0v) is 7.04. The highest BCUT2D eigenvalue weighted by Gasteiger charge is 2.58. The Labute approximate surface area is 70.4 Å². The average Bonchev–Trinajstić information content (AvgIpc) is 1.74. The lowest BCUT2D eigenvalue weighted by molar-refractivity contribution is -0.241. The van der Waals surface area contributed by atoms with Crippen LogP contribution in [0.4, 0.5) is 13.2 Å². The molecule has 0 aromatic rings. The summed E-state index contributed by atoms with van der Waals surface area (Å²) in [5.74, 6) is -0.670. The van der Waals surface area contributed by atoms with Crippen molar-refractivity contribution in [2.75, 3.05) is 5.75 Å². The van der Waals surface area contributed by atoms with Crippen molar-refractivity contribution in [1.82, 2.24) is 0 Å². The average molecular weight is 202 g/mol. The number of hydrogen-bond acceptors (Lipinski definition) is 1. The minimum absolute atomic E-state index is 0.0111. The number of hydrogen-bond donors (Lipinski definition) is 1. The van der Waals surface area contributed by atoms with Gasteiger partial charge < -0.3 is 4.55 Å². The van der Waals surface area contributed by atoms with Crippen LogP contribution in [-0.4, -0.2) is 20.7 Å². The van der Waals surface area contributed by atoms with Crippen LogP contribution in [0.5, 0.6) is 0 Å². The van der Waals surface area contributed by atoms with Gasteiger partial charge in [-0.1, -0.05) is 6.42 Å². The summed E-state index contributed by atoms with van der Waals surface area (Å²) < 4.78 is 55.5. The molecule has 0 spiro atoms. The van der Waals surface area contributed by atoms with Crippen molar-refractivity contribution in [3.8, 4) is 0 Å². The maximum Gasteiger partial charge on any atom is 0.395 e. The van der Waals surface area contributed by atoms with Gasteiger partial charge in [0.15, 0.2) is 11.1 Å². The van der Waals surface area contributed by atoms with E-state index in [9.17, 15) is 17.4 Å².